The van der Waals surface area contributed by atoms with Crippen molar-refractivity contribution in [3.63, 3.8) is 0 Å². The zero-order chi connectivity index (χ0) is 21.8. The monoisotopic (exact) mass is 418 g/mol. The highest BCUT2D eigenvalue weighted by Gasteiger charge is 2.20. The summed E-state index contributed by atoms with van der Waals surface area (Å²) in [6.45, 7) is 7.92. The molecule has 2 N–H and O–H groups in total. The summed E-state index contributed by atoms with van der Waals surface area (Å²) in [5, 5.41) is 5.80. The van der Waals surface area contributed by atoms with Crippen LogP contribution in [0.5, 0.6) is 11.5 Å². The average molecular weight is 419 g/mol. The van der Waals surface area contributed by atoms with Crippen molar-refractivity contribution >= 4 is 29.1 Å². The highest BCUT2D eigenvalue weighted by molar-refractivity contribution is 6.32. The highest BCUT2D eigenvalue weighted by Crippen LogP contribution is 2.35. The summed E-state index contributed by atoms with van der Waals surface area (Å²) in [6.07, 6.45) is 0. The van der Waals surface area contributed by atoms with Gasteiger partial charge in [-0.25, -0.2) is 0 Å². The second-order valence-electron chi connectivity index (χ2n) is 7.70. The van der Waals surface area contributed by atoms with Crippen molar-refractivity contribution in [1.82, 2.24) is 5.32 Å². The quantitative estimate of drug-likeness (QED) is 0.728. The lowest BCUT2D eigenvalue weighted by atomic mass is 9.86. The van der Waals surface area contributed by atoms with Gasteiger partial charge in [0.05, 0.1) is 24.9 Å². The number of halogens is 1. The summed E-state index contributed by atoms with van der Waals surface area (Å²) in [6, 6.07) is 9.71. The van der Waals surface area contributed by atoms with Crippen LogP contribution in [0.2, 0.25) is 5.02 Å². The first-order valence-corrected chi connectivity index (χ1v) is 9.58. The first kappa shape index (κ1) is 22.6. The van der Waals surface area contributed by atoms with Gasteiger partial charge in [-0.05, 0) is 30.0 Å². The Morgan fingerprint density at radius 3 is 2.10 bits per heavy atom. The van der Waals surface area contributed by atoms with E-state index in [4.69, 9.17) is 21.1 Å². The molecule has 0 aromatic heterocycles. The molecule has 6 nitrogen and oxygen atoms in total. The third-order valence-electron chi connectivity index (χ3n) is 4.49. The summed E-state index contributed by atoms with van der Waals surface area (Å²) in [7, 11) is 2.95. The summed E-state index contributed by atoms with van der Waals surface area (Å²) in [5.74, 6) is 0.0694. The van der Waals surface area contributed by atoms with Crippen molar-refractivity contribution in [3.05, 3.63) is 52.5 Å². The van der Waals surface area contributed by atoms with Gasteiger partial charge in [-0.15, -0.1) is 0 Å². The summed E-state index contributed by atoms with van der Waals surface area (Å²) in [5.41, 5.74) is 2.02. The van der Waals surface area contributed by atoms with E-state index in [0.717, 1.165) is 5.56 Å². The molecule has 0 fully saturated rings. The van der Waals surface area contributed by atoms with Crippen LogP contribution in [0.25, 0.3) is 0 Å². The molecule has 0 spiro atoms. The topological polar surface area (TPSA) is 76.7 Å². The van der Waals surface area contributed by atoms with E-state index < -0.39 is 11.9 Å². The predicted molar refractivity (Wildman–Crippen MR) is 115 cm³/mol. The lowest BCUT2D eigenvalue weighted by molar-refractivity contribution is -0.117. The number of benzene rings is 2. The normalized spacial score (nSPS) is 12.1. The van der Waals surface area contributed by atoms with Crippen LogP contribution in [0, 0.1) is 0 Å². The number of hydrogen-bond donors (Lipinski definition) is 2. The number of hydrogen-bond acceptors (Lipinski definition) is 4. The smallest absolute Gasteiger partial charge is 0.251 e. The van der Waals surface area contributed by atoms with Crippen molar-refractivity contribution in [1.29, 1.82) is 0 Å². The number of amides is 2. The maximum Gasteiger partial charge on any atom is 0.251 e. The fourth-order valence-corrected chi connectivity index (χ4v) is 2.90. The third-order valence-corrected chi connectivity index (χ3v) is 4.78. The van der Waals surface area contributed by atoms with Crippen LogP contribution < -0.4 is 20.1 Å². The first-order chi connectivity index (χ1) is 13.6. The molecule has 0 heterocycles. The average Bonchev–Trinajstić information content (AvgIpc) is 2.68. The maximum atomic E-state index is 12.6. The van der Waals surface area contributed by atoms with Gasteiger partial charge in [0, 0.05) is 17.7 Å². The number of nitrogens with one attached hydrogen (secondary N) is 2. The van der Waals surface area contributed by atoms with Gasteiger partial charge in [-0.3, -0.25) is 9.59 Å². The molecule has 29 heavy (non-hydrogen) atoms. The number of ether oxygens (including phenoxy) is 2. The maximum absolute atomic E-state index is 12.6. The number of rotatable bonds is 6. The van der Waals surface area contributed by atoms with Crippen LogP contribution in [0.3, 0.4) is 0 Å². The molecule has 7 heteroatoms. The Bertz CT molecular complexity index is 889. The number of methoxy groups -OCH3 is 2. The largest absolute Gasteiger partial charge is 0.495 e. The van der Waals surface area contributed by atoms with E-state index in [1.165, 1.54) is 14.2 Å². The van der Waals surface area contributed by atoms with E-state index in [-0.39, 0.29) is 11.3 Å². The molecule has 0 saturated carbocycles. The zero-order valence-electron chi connectivity index (χ0n) is 17.6. The minimum Gasteiger partial charge on any atom is -0.495 e. The Balaban J connectivity index is 2.08. The molecular formula is C22H27ClN2O4. The van der Waals surface area contributed by atoms with Gasteiger partial charge in [0.15, 0.2) is 0 Å². The van der Waals surface area contributed by atoms with Gasteiger partial charge in [0.2, 0.25) is 5.91 Å². The molecule has 2 amide bonds. The molecule has 0 radical (unpaired) electrons. The lowest BCUT2D eigenvalue weighted by Crippen LogP contribution is -2.41. The van der Waals surface area contributed by atoms with Crippen molar-refractivity contribution in [3.8, 4) is 11.5 Å². The van der Waals surface area contributed by atoms with E-state index in [0.29, 0.717) is 27.8 Å². The molecule has 0 aliphatic rings. The SMILES string of the molecule is COc1cc(NC(=O)C(C)NC(=O)c2ccc(C(C)(C)C)cc2)c(OC)cc1Cl. The van der Waals surface area contributed by atoms with Crippen LogP contribution >= 0.6 is 11.6 Å². The molecule has 0 aliphatic heterocycles. The molecular weight excluding hydrogens is 392 g/mol. The Labute approximate surface area is 176 Å². The van der Waals surface area contributed by atoms with Crippen LogP contribution in [-0.2, 0) is 10.2 Å². The van der Waals surface area contributed by atoms with E-state index in [1.807, 2.05) is 12.1 Å². The standard InChI is InChI=1S/C22H27ClN2O4/c1-13(24-21(27)14-7-9-15(10-8-14)22(2,3)4)20(26)25-17-12-18(28-5)16(23)11-19(17)29-6/h7-13H,1-6H3,(H,24,27)(H,25,26). The Morgan fingerprint density at radius 1 is 1.00 bits per heavy atom. The molecule has 0 saturated heterocycles. The van der Waals surface area contributed by atoms with Crippen LogP contribution in [0.15, 0.2) is 36.4 Å². The molecule has 0 bridgehead atoms. The minimum absolute atomic E-state index is 0.000870. The van der Waals surface area contributed by atoms with Gasteiger partial charge >= 0.3 is 0 Å². The Hall–Kier alpha value is -2.73. The lowest BCUT2D eigenvalue weighted by Gasteiger charge is -2.19. The molecule has 1 unspecified atom stereocenters. The Kier molecular flexibility index (Phi) is 7.14. The van der Waals surface area contributed by atoms with Gasteiger partial charge in [0.1, 0.15) is 17.5 Å². The van der Waals surface area contributed by atoms with Crippen LogP contribution in [0.1, 0.15) is 43.6 Å². The highest BCUT2D eigenvalue weighted by atomic mass is 35.5. The molecule has 0 aliphatic carbocycles. The van der Waals surface area contributed by atoms with Crippen molar-refractivity contribution < 1.29 is 19.1 Å². The van der Waals surface area contributed by atoms with E-state index in [1.54, 1.807) is 31.2 Å². The summed E-state index contributed by atoms with van der Waals surface area (Å²) < 4.78 is 10.4. The fraction of sp³-hybridized carbons (Fsp3) is 0.364. The van der Waals surface area contributed by atoms with Crippen LogP contribution in [-0.4, -0.2) is 32.1 Å². The van der Waals surface area contributed by atoms with Gasteiger partial charge in [0.25, 0.3) is 5.91 Å². The fourth-order valence-electron chi connectivity index (χ4n) is 2.67. The van der Waals surface area contributed by atoms with Crippen molar-refractivity contribution in [2.24, 2.45) is 0 Å². The van der Waals surface area contributed by atoms with Gasteiger partial charge < -0.3 is 20.1 Å². The van der Waals surface area contributed by atoms with E-state index in [2.05, 4.69) is 31.4 Å². The van der Waals surface area contributed by atoms with Crippen molar-refractivity contribution in [2.75, 3.05) is 19.5 Å². The summed E-state index contributed by atoms with van der Waals surface area (Å²) in [4.78, 5) is 25.1. The van der Waals surface area contributed by atoms with E-state index in [9.17, 15) is 9.59 Å². The number of carbonyl (C=O) groups is 2. The van der Waals surface area contributed by atoms with E-state index >= 15 is 0 Å². The van der Waals surface area contributed by atoms with Crippen LogP contribution in [0.4, 0.5) is 5.69 Å². The Morgan fingerprint density at radius 2 is 1.59 bits per heavy atom. The van der Waals surface area contributed by atoms with Gasteiger partial charge in [-0.1, -0.05) is 44.5 Å². The minimum atomic E-state index is -0.767. The molecule has 2 aromatic carbocycles. The molecule has 156 valence electrons. The third kappa shape index (κ3) is 5.64. The van der Waals surface area contributed by atoms with Gasteiger partial charge in [-0.2, -0.15) is 0 Å². The predicted octanol–water partition coefficient (Wildman–Crippen LogP) is 4.41. The number of carbonyl (C=O) groups excluding carboxylic acids is 2. The zero-order valence-corrected chi connectivity index (χ0v) is 18.3. The van der Waals surface area contributed by atoms with Crippen molar-refractivity contribution in [2.45, 2.75) is 39.2 Å². The molecule has 2 aromatic rings. The molecule has 1 atom stereocenters. The first-order valence-electron chi connectivity index (χ1n) is 9.20. The second-order valence-corrected chi connectivity index (χ2v) is 8.11. The number of anilines is 1. The summed E-state index contributed by atoms with van der Waals surface area (Å²) >= 11 is 6.08. The molecule has 2 rings (SSSR count). The second kappa shape index (κ2) is 9.18.